The molecule has 0 saturated heterocycles. The van der Waals surface area contributed by atoms with Gasteiger partial charge in [-0.2, -0.15) is 5.10 Å². The first-order valence-corrected chi connectivity index (χ1v) is 4.75. The fourth-order valence-corrected chi connectivity index (χ4v) is 0.974. The van der Waals surface area contributed by atoms with E-state index in [4.69, 9.17) is 5.73 Å². The van der Waals surface area contributed by atoms with Gasteiger partial charge in [-0.3, -0.25) is 4.79 Å². The highest BCUT2D eigenvalue weighted by Crippen LogP contribution is 1.99. The Morgan fingerprint density at radius 1 is 1.60 bits per heavy atom. The van der Waals surface area contributed by atoms with Crippen molar-refractivity contribution in [1.29, 1.82) is 0 Å². The fraction of sp³-hybridized carbons (Fsp3) is 0.500. The van der Waals surface area contributed by atoms with Gasteiger partial charge in [0.15, 0.2) is 5.69 Å². The average molecular weight is 208 g/mol. The summed E-state index contributed by atoms with van der Waals surface area (Å²) in [6.45, 7) is 5.95. The number of nitrogens with two attached hydrogens (primary N) is 1. The van der Waals surface area contributed by atoms with Crippen molar-refractivity contribution in [1.82, 2.24) is 15.5 Å². The number of carbonyl (C=O) groups is 1. The number of nitrogens with zero attached hydrogens (tertiary/aromatic N) is 2. The molecule has 0 unspecified atom stereocenters. The fourth-order valence-electron chi connectivity index (χ4n) is 0.974. The summed E-state index contributed by atoms with van der Waals surface area (Å²) in [5.74, 6) is -0.246. The summed E-state index contributed by atoms with van der Waals surface area (Å²) in [6.07, 6.45) is 1.60. The highest BCUT2D eigenvalue weighted by Gasteiger charge is 2.14. The van der Waals surface area contributed by atoms with Gasteiger partial charge < -0.3 is 11.1 Å². The molecule has 1 heterocycles. The molecule has 1 aromatic heterocycles. The molecule has 5 nitrogen and oxygen atoms in total. The zero-order chi connectivity index (χ0) is 11.5. The number of aromatic nitrogens is 2. The van der Waals surface area contributed by atoms with E-state index in [9.17, 15) is 4.79 Å². The van der Waals surface area contributed by atoms with Gasteiger partial charge in [0.1, 0.15) is 0 Å². The van der Waals surface area contributed by atoms with Gasteiger partial charge in [-0.05, 0) is 32.4 Å². The van der Waals surface area contributed by atoms with Gasteiger partial charge in [-0.25, -0.2) is 0 Å². The van der Waals surface area contributed by atoms with Crippen LogP contribution in [-0.4, -0.2) is 28.2 Å². The Hall–Kier alpha value is -1.49. The third kappa shape index (κ3) is 4.03. The molecule has 82 valence electrons. The van der Waals surface area contributed by atoms with E-state index in [0.29, 0.717) is 12.2 Å². The van der Waals surface area contributed by atoms with Crippen LogP contribution >= 0.6 is 0 Å². The Morgan fingerprint density at radius 3 is 2.80 bits per heavy atom. The van der Waals surface area contributed by atoms with Crippen molar-refractivity contribution in [2.24, 2.45) is 5.73 Å². The van der Waals surface area contributed by atoms with Crippen molar-refractivity contribution in [3.8, 4) is 0 Å². The Kier molecular flexibility index (Phi) is 3.36. The largest absolute Gasteiger partial charge is 0.349 e. The summed E-state index contributed by atoms with van der Waals surface area (Å²) >= 11 is 0. The van der Waals surface area contributed by atoms with E-state index in [2.05, 4.69) is 15.5 Å². The van der Waals surface area contributed by atoms with Crippen molar-refractivity contribution in [2.75, 3.05) is 6.54 Å². The first-order valence-electron chi connectivity index (χ1n) is 4.75. The van der Waals surface area contributed by atoms with Gasteiger partial charge in [0.25, 0.3) is 5.91 Å². The van der Waals surface area contributed by atoms with Crippen LogP contribution in [0.25, 0.3) is 0 Å². The second-order valence-corrected chi connectivity index (χ2v) is 4.29. The van der Waals surface area contributed by atoms with E-state index in [1.54, 1.807) is 12.3 Å². The highest BCUT2D eigenvalue weighted by atomic mass is 16.1. The van der Waals surface area contributed by atoms with Crippen molar-refractivity contribution in [2.45, 2.75) is 26.3 Å². The molecule has 0 saturated carbocycles. The minimum absolute atomic E-state index is 0.246. The molecule has 0 bridgehead atoms. The minimum Gasteiger partial charge on any atom is -0.349 e. The smallest absolute Gasteiger partial charge is 0.271 e. The average Bonchev–Trinajstić information content (AvgIpc) is 2.13. The molecule has 15 heavy (non-hydrogen) atoms. The number of aryl methyl sites for hydroxylation is 1. The molecular formula is C10H16N4O. The molecule has 3 N–H and O–H groups in total. The van der Waals surface area contributed by atoms with E-state index in [1.165, 1.54) is 0 Å². The lowest BCUT2D eigenvalue weighted by atomic mass is 10.1. The molecule has 0 aliphatic rings. The van der Waals surface area contributed by atoms with Crippen LogP contribution in [0.1, 0.15) is 29.9 Å². The Balaban J connectivity index is 2.62. The molecule has 0 atom stereocenters. The van der Waals surface area contributed by atoms with Crippen LogP contribution in [0.15, 0.2) is 12.3 Å². The molecule has 1 rings (SSSR count). The lowest BCUT2D eigenvalue weighted by Crippen LogP contribution is -2.45. The van der Waals surface area contributed by atoms with E-state index in [0.717, 1.165) is 5.56 Å². The predicted octanol–water partition coefficient (Wildman–Crippen LogP) is 0.252. The van der Waals surface area contributed by atoms with Gasteiger partial charge in [-0.1, -0.05) is 0 Å². The maximum atomic E-state index is 11.6. The lowest BCUT2D eigenvalue weighted by Gasteiger charge is -2.18. The second-order valence-electron chi connectivity index (χ2n) is 4.29. The van der Waals surface area contributed by atoms with Crippen molar-refractivity contribution >= 4 is 5.91 Å². The van der Waals surface area contributed by atoms with E-state index in [1.807, 2.05) is 20.8 Å². The van der Waals surface area contributed by atoms with Gasteiger partial charge in [0.05, 0.1) is 6.20 Å². The summed E-state index contributed by atoms with van der Waals surface area (Å²) in [6, 6.07) is 1.69. The maximum Gasteiger partial charge on any atom is 0.271 e. The maximum absolute atomic E-state index is 11.6. The molecule has 1 aromatic rings. The highest BCUT2D eigenvalue weighted by molar-refractivity contribution is 5.92. The van der Waals surface area contributed by atoms with Crippen LogP contribution in [-0.2, 0) is 0 Å². The van der Waals surface area contributed by atoms with Crippen LogP contribution in [0.3, 0.4) is 0 Å². The summed E-state index contributed by atoms with van der Waals surface area (Å²) in [4.78, 5) is 11.6. The van der Waals surface area contributed by atoms with Crippen LogP contribution in [0.4, 0.5) is 0 Å². The molecular weight excluding hydrogens is 192 g/mol. The van der Waals surface area contributed by atoms with E-state index >= 15 is 0 Å². The van der Waals surface area contributed by atoms with Gasteiger partial charge in [0.2, 0.25) is 0 Å². The molecule has 0 aromatic carbocycles. The predicted molar refractivity (Wildman–Crippen MR) is 57.4 cm³/mol. The molecule has 5 heteroatoms. The standard InChI is InChI=1S/C10H16N4O/c1-7-4-8(14-13-5-7)9(15)12-6-10(2,3)11/h4-5H,6,11H2,1-3H3,(H,12,15). The van der Waals surface area contributed by atoms with Crippen LogP contribution in [0.5, 0.6) is 0 Å². The van der Waals surface area contributed by atoms with Crippen molar-refractivity contribution < 1.29 is 4.79 Å². The number of amides is 1. The van der Waals surface area contributed by atoms with Gasteiger partial charge >= 0.3 is 0 Å². The van der Waals surface area contributed by atoms with Crippen molar-refractivity contribution in [3.63, 3.8) is 0 Å². The zero-order valence-corrected chi connectivity index (χ0v) is 9.24. The van der Waals surface area contributed by atoms with E-state index < -0.39 is 5.54 Å². The van der Waals surface area contributed by atoms with Gasteiger partial charge in [0, 0.05) is 12.1 Å². The molecule has 0 spiro atoms. The Bertz CT molecular complexity index is 357. The summed E-state index contributed by atoms with van der Waals surface area (Å²) in [5, 5.41) is 10.1. The number of carbonyl (C=O) groups excluding carboxylic acids is 1. The summed E-state index contributed by atoms with van der Waals surface area (Å²) in [7, 11) is 0. The topological polar surface area (TPSA) is 80.9 Å². The third-order valence-corrected chi connectivity index (χ3v) is 1.73. The summed E-state index contributed by atoms with van der Waals surface area (Å²) < 4.78 is 0. The SMILES string of the molecule is Cc1cnnc(C(=O)NCC(C)(C)N)c1. The molecule has 0 aliphatic carbocycles. The van der Waals surface area contributed by atoms with E-state index in [-0.39, 0.29) is 5.91 Å². The third-order valence-electron chi connectivity index (χ3n) is 1.73. The molecule has 0 radical (unpaired) electrons. The van der Waals surface area contributed by atoms with Crippen molar-refractivity contribution in [3.05, 3.63) is 23.5 Å². The lowest BCUT2D eigenvalue weighted by molar-refractivity contribution is 0.0940. The minimum atomic E-state index is -0.424. The quantitative estimate of drug-likeness (QED) is 0.746. The molecule has 0 fully saturated rings. The molecule has 1 amide bonds. The Morgan fingerprint density at radius 2 is 2.27 bits per heavy atom. The summed E-state index contributed by atoms with van der Waals surface area (Å²) in [5.41, 5.74) is 6.54. The normalized spacial score (nSPS) is 11.2. The van der Waals surface area contributed by atoms with Crippen LogP contribution < -0.4 is 11.1 Å². The molecule has 0 aliphatic heterocycles. The second kappa shape index (κ2) is 4.35. The number of rotatable bonds is 3. The first-order chi connectivity index (χ1) is 6.88. The Labute approximate surface area is 89.1 Å². The zero-order valence-electron chi connectivity index (χ0n) is 9.24. The van der Waals surface area contributed by atoms with Gasteiger partial charge in [-0.15, -0.1) is 5.10 Å². The monoisotopic (exact) mass is 208 g/mol. The number of hydrogen-bond acceptors (Lipinski definition) is 4. The van der Waals surface area contributed by atoms with Crippen LogP contribution in [0.2, 0.25) is 0 Å². The first kappa shape index (κ1) is 11.6. The number of hydrogen-bond donors (Lipinski definition) is 2. The van der Waals surface area contributed by atoms with Crippen LogP contribution in [0, 0.1) is 6.92 Å². The number of nitrogens with one attached hydrogen (secondary N) is 1.